The summed E-state index contributed by atoms with van der Waals surface area (Å²) in [6.45, 7) is 0. The van der Waals surface area contributed by atoms with Gasteiger partial charge in [-0.2, -0.15) is 0 Å². The topological polar surface area (TPSA) is 85.2 Å². The summed E-state index contributed by atoms with van der Waals surface area (Å²) in [5.41, 5.74) is 8.98. The number of nitrogen functional groups attached to an aromatic ring is 1. The number of ether oxygens (including phenoxy) is 2. The van der Waals surface area contributed by atoms with Crippen LogP contribution in [0.3, 0.4) is 0 Å². The van der Waals surface area contributed by atoms with Gasteiger partial charge in [-0.3, -0.25) is 0 Å². The van der Waals surface area contributed by atoms with Crippen molar-refractivity contribution in [3.63, 3.8) is 0 Å². The SMILES string of the molecule is COc1ccc(Nc2nc3ccc(N)cc3[nH]2)c(OC)c1. The zero-order chi connectivity index (χ0) is 14.8. The number of hydrogen-bond donors (Lipinski definition) is 3. The fourth-order valence-corrected chi connectivity index (χ4v) is 2.12. The lowest BCUT2D eigenvalue weighted by Crippen LogP contribution is -1.96. The number of benzene rings is 2. The molecule has 0 bridgehead atoms. The van der Waals surface area contributed by atoms with Crippen LogP contribution in [0, 0.1) is 0 Å². The zero-order valence-electron chi connectivity index (χ0n) is 11.8. The number of hydrogen-bond acceptors (Lipinski definition) is 5. The first-order valence-corrected chi connectivity index (χ1v) is 6.44. The summed E-state index contributed by atoms with van der Waals surface area (Å²) in [4.78, 5) is 7.63. The summed E-state index contributed by atoms with van der Waals surface area (Å²) < 4.78 is 10.5. The Bertz CT molecular complexity index is 782. The van der Waals surface area contributed by atoms with Crippen LogP contribution in [0.15, 0.2) is 36.4 Å². The molecule has 1 heterocycles. The van der Waals surface area contributed by atoms with E-state index in [0.29, 0.717) is 17.4 Å². The zero-order valence-corrected chi connectivity index (χ0v) is 11.8. The number of H-pyrrole nitrogens is 1. The van der Waals surface area contributed by atoms with Crippen molar-refractivity contribution >= 4 is 28.4 Å². The number of rotatable bonds is 4. The monoisotopic (exact) mass is 284 g/mol. The summed E-state index contributed by atoms with van der Waals surface area (Å²) in [6.07, 6.45) is 0. The van der Waals surface area contributed by atoms with Crippen molar-refractivity contribution in [1.82, 2.24) is 9.97 Å². The summed E-state index contributed by atoms with van der Waals surface area (Å²) in [6, 6.07) is 11.1. The molecule has 0 saturated carbocycles. The minimum atomic E-state index is 0.624. The van der Waals surface area contributed by atoms with Crippen LogP contribution in [0.5, 0.6) is 11.5 Å². The van der Waals surface area contributed by atoms with Crippen LogP contribution in [-0.2, 0) is 0 Å². The largest absolute Gasteiger partial charge is 0.497 e. The number of nitrogens with one attached hydrogen (secondary N) is 2. The molecule has 3 rings (SSSR count). The van der Waals surface area contributed by atoms with Crippen LogP contribution in [-0.4, -0.2) is 24.2 Å². The van der Waals surface area contributed by atoms with Gasteiger partial charge in [-0.1, -0.05) is 0 Å². The highest BCUT2D eigenvalue weighted by molar-refractivity contribution is 5.81. The van der Waals surface area contributed by atoms with Crippen LogP contribution in [0.4, 0.5) is 17.3 Å². The van der Waals surface area contributed by atoms with Crippen molar-refractivity contribution in [2.75, 3.05) is 25.3 Å². The molecule has 6 heteroatoms. The second-order valence-electron chi connectivity index (χ2n) is 4.55. The lowest BCUT2D eigenvalue weighted by molar-refractivity contribution is 0.395. The minimum Gasteiger partial charge on any atom is -0.497 e. The molecular weight excluding hydrogens is 268 g/mol. The summed E-state index contributed by atoms with van der Waals surface area (Å²) in [7, 11) is 3.23. The van der Waals surface area contributed by atoms with Gasteiger partial charge in [-0.15, -0.1) is 0 Å². The third kappa shape index (κ3) is 2.55. The molecule has 0 aliphatic rings. The number of nitrogens with zero attached hydrogens (tertiary/aromatic N) is 1. The van der Waals surface area contributed by atoms with E-state index in [-0.39, 0.29) is 0 Å². The van der Waals surface area contributed by atoms with Crippen molar-refractivity contribution in [2.45, 2.75) is 0 Å². The molecule has 0 aliphatic carbocycles. The summed E-state index contributed by atoms with van der Waals surface area (Å²) in [5, 5.41) is 3.20. The Balaban J connectivity index is 1.94. The molecule has 2 aromatic carbocycles. The van der Waals surface area contributed by atoms with Gasteiger partial charge in [0, 0.05) is 11.8 Å². The van der Waals surface area contributed by atoms with Gasteiger partial charge in [0.1, 0.15) is 11.5 Å². The first-order valence-electron chi connectivity index (χ1n) is 6.44. The number of aromatic amines is 1. The van der Waals surface area contributed by atoms with Gasteiger partial charge in [0.15, 0.2) is 0 Å². The predicted molar refractivity (Wildman–Crippen MR) is 83.3 cm³/mol. The number of fused-ring (bicyclic) bond motifs is 1. The molecule has 0 fully saturated rings. The number of anilines is 3. The Labute approximate surface area is 121 Å². The molecule has 1 aromatic heterocycles. The maximum Gasteiger partial charge on any atom is 0.205 e. The van der Waals surface area contributed by atoms with E-state index in [4.69, 9.17) is 15.2 Å². The molecule has 108 valence electrons. The average Bonchev–Trinajstić information content (AvgIpc) is 2.89. The second kappa shape index (κ2) is 5.24. The standard InChI is InChI=1S/C15H16N4O2/c1-20-10-4-6-12(14(8-10)21-2)18-15-17-11-5-3-9(16)7-13(11)19-15/h3-8H,16H2,1-2H3,(H2,17,18,19). The molecule has 0 spiro atoms. The minimum absolute atomic E-state index is 0.624. The Kier molecular flexibility index (Phi) is 3.27. The van der Waals surface area contributed by atoms with Crippen molar-refractivity contribution in [3.05, 3.63) is 36.4 Å². The number of imidazole rings is 1. The molecule has 21 heavy (non-hydrogen) atoms. The van der Waals surface area contributed by atoms with Crippen molar-refractivity contribution in [2.24, 2.45) is 0 Å². The normalized spacial score (nSPS) is 10.6. The van der Waals surface area contributed by atoms with E-state index in [9.17, 15) is 0 Å². The Morgan fingerprint density at radius 2 is 1.95 bits per heavy atom. The molecule has 0 saturated heterocycles. The van der Waals surface area contributed by atoms with Gasteiger partial charge >= 0.3 is 0 Å². The molecule has 6 nitrogen and oxygen atoms in total. The number of aromatic nitrogens is 2. The summed E-state index contributed by atoms with van der Waals surface area (Å²) >= 11 is 0. The molecule has 3 aromatic rings. The van der Waals surface area contributed by atoms with Crippen molar-refractivity contribution in [1.29, 1.82) is 0 Å². The van der Waals surface area contributed by atoms with Crippen LogP contribution < -0.4 is 20.5 Å². The van der Waals surface area contributed by atoms with Crippen LogP contribution in [0.1, 0.15) is 0 Å². The van der Waals surface area contributed by atoms with Crippen LogP contribution in [0.2, 0.25) is 0 Å². The number of nitrogens with two attached hydrogens (primary N) is 1. The van der Waals surface area contributed by atoms with Crippen LogP contribution in [0.25, 0.3) is 11.0 Å². The first-order chi connectivity index (χ1) is 10.2. The molecule has 4 N–H and O–H groups in total. The molecule has 0 atom stereocenters. The van der Waals surface area contributed by atoms with Gasteiger partial charge in [-0.05, 0) is 30.3 Å². The van der Waals surface area contributed by atoms with E-state index >= 15 is 0 Å². The van der Waals surface area contributed by atoms with E-state index < -0.39 is 0 Å². The third-order valence-corrected chi connectivity index (χ3v) is 3.17. The van der Waals surface area contributed by atoms with E-state index in [1.807, 2.05) is 36.4 Å². The Morgan fingerprint density at radius 3 is 2.71 bits per heavy atom. The third-order valence-electron chi connectivity index (χ3n) is 3.17. The van der Waals surface area contributed by atoms with Gasteiger partial charge in [0.25, 0.3) is 0 Å². The lowest BCUT2D eigenvalue weighted by Gasteiger charge is -2.10. The smallest absolute Gasteiger partial charge is 0.205 e. The predicted octanol–water partition coefficient (Wildman–Crippen LogP) is 2.91. The number of methoxy groups -OCH3 is 2. The van der Waals surface area contributed by atoms with Crippen molar-refractivity contribution in [3.8, 4) is 11.5 Å². The highest BCUT2D eigenvalue weighted by atomic mass is 16.5. The molecular formula is C15H16N4O2. The van der Waals surface area contributed by atoms with E-state index in [0.717, 1.165) is 22.5 Å². The fourth-order valence-electron chi connectivity index (χ4n) is 2.12. The molecule has 0 unspecified atom stereocenters. The Hall–Kier alpha value is -2.89. The van der Waals surface area contributed by atoms with Gasteiger partial charge < -0.3 is 25.5 Å². The Morgan fingerprint density at radius 1 is 1.10 bits per heavy atom. The first kappa shape index (κ1) is 13.1. The highest BCUT2D eigenvalue weighted by Gasteiger charge is 2.08. The molecule has 0 aliphatic heterocycles. The maximum absolute atomic E-state index is 5.76. The highest BCUT2D eigenvalue weighted by Crippen LogP contribution is 2.31. The van der Waals surface area contributed by atoms with Gasteiger partial charge in [0.05, 0.1) is 30.9 Å². The maximum atomic E-state index is 5.76. The van der Waals surface area contributed by atoms with E-state index in [1.54, 1.807) is 14.2 Å². The van der Waals surface area contributed by atoms with E-state index in [1.165, 1.54) is 0 Å². The average molecular weight is 284 g/mol. The molecule has 0 radical (unpaired) electrons. The van der Waals surface area contributed by atoms with Gasteiger partial charge in [0.2, 0.25) is 5.95 Å². The van der Waals surface area contributed by atoms with Crippen LogP contribution >= 0.6 is 0 Å². The van der Waals surface area contributed by atoms with Crippen molar-refractivity contribution < 1.29 is 9.47 Å². The van der Waals surface area contributed by atoms with E-state index in [2.05, 4.69) is 15.3 Å². The second-order valence-corrected chi connectivity index (χ2v) is 4.55. The lowest BCUT2D eigenvalue weighted by atomic mass is 10.2. The quantitative estimate of drug-likeness (QED) is 0.641. The fraction of sp³-hybridized carbons (Fsp3) is 0.133. The van der Waals surface area contributed by atoms with Gasteiger partial charge in [-0.25, -0.2) is 4.98 Å². The molecule has 0 amide bonds. The summed E-state index contributed by atoms with van der Waals surface area (Å²) in [5.74, 6) is 2.03.